The minimum Gasteiger partial charge on any atom is -0.312 e. The van der Waals surface area contributed by atoms with E-state index in [0.29, 0.717) is 17.4 Å². The Morgan fingerprint density at radius 2 is 2.35 bits per heavy atom. The molecule has 2 rings (SSSR count). The fraction of sp³-hybridized carbons (Fsp3) is 0.636. The van der Waals surface area contributed by atoms with Gasteiger partial charge in [0.2, 0.25) is 0 Å². The lowest BCUT2D eigenvalue weighted by molar-refractivity contribution is 0.522. The maximum Gasteiger partial charge on any atom is 0.150 e. The fourth-order valence-corrected chi connectivity index (χ4v) is 5.47. The van der Waals surface area contributed by atoms with Gasteiger partial charge in [0.25, 0.3) is 0 Å². The highest BCUT2D eigenvalue weighted by molar-refractivity contribution is 9.10. The van der Waals surface area contributed by atoms with Gasteiger partial charge in [0.05, 0.1) is 11.5 Å². The van der Waals surface area contributed by atoms with E-state index < -0.39 is 9.84 Å². The molecule has 1 N–H and O–H groups in total. The van der Waals surface area contributed by atoms with Crippen molar-refractivity contribution < 1.29 is 8.42 Å². The lowest BCUT2D eigenvalue weighted by Crippen LogP contribution is -2.22. The summed E-state index contributed by atoms with van der Waals surface area (Å²) in [6.07, 6.45) is 0.808. The Morgan fingerprint density at radius 3 is 2.88 bits per heavy atom. The molecular weight excluding hydrogens is 322 g/mol. The van der Waals surface area contributed by atoms with Gasteiger partial charge in [-0.15, -0.1) is 11.3 Å². The van der Waals surface area contributed by atoms with Crippen molar-refractivity contribution in [3.05, 3.63) is 20.3 Å². The van der Waals surface area contributed by atoms with Gasteiger partial charge in [0, 0.05) is 20.8 Å². The smallest absolute Gasteiger partial charge is 0.150 e. The van der Waals surface area contributed by atoms with Gasteiger partial charge < -0.3 is 5.32 Å². The molecule has 17 heavy (non-hydrogen) atoms. The summed E-state index contributed by atoms with van der Waals surface area (Å²) < 4.78 is 23.7. The number of thiophene rings is 1. The molecule has 0 saturated carbocycles. The molecule has 1 saturated heterocycles. The summed E-state index contributed by atoms with van der Waals surface area (Å²) in [6.45, 7) is 3.71. The van der Waals surface area contributed by atoms with E-state index in [1.165, 1.54) is 9.75 Å². The van der Waals surface area contributed by atoms with E-state index in [2.05, 4.69) is 34.2 Å². The Kier molecular flexibility index (Phi) is 4.28. The monoisotopic (exact) mass is 337 g/mol. The summed E-state index contributed by atoms with van der Waals surface area (Å²) in [4.78, 5) is 2.57. The Bertz CT molecular complexity index is 476. The number of aryl methyl sites for hydroxylation is 1. The van der Waals surface area contributed by atoms with Gasteiger partial charge in [-0.1, -0.05) is 0 Å². The van der Waals surface area contributed by atoms with Crippen LogP contribution in [0.25, 0.3) is 0 Å². The van der Waals surface area contributed by atoms with Gasteiger partial charge in [-0.2, -0.15) is 0 Å². The molecule has 1 aromatic rings. The van der Waals surface area contributed by atoms with Gasteiger partial charge in [-0.25, -0.2) is 8.42 Å². The van der Waals surface area contributed by atoms with Crippen LogP contribution in [0.5, 0.6) is 0 Å². The molecule has 1 unspecified atom stereocenters. The van der Waals surface area contributed by atoms with Crippen molar-refractivity contribution in [2.75, 3.05) is 18.1 Å². The van der Waals surface area contributed by atoms with Crippen molar-refractivity contribution in [2.45, 2.75) is 19.9 Å². The second-order valence-corrected chi connectivity index (χ2v) is 8.94. The van der Waals surface area contributed by atoms with E-state index in [9.17, 15) is 8.42 Å². The Labute approximate surface area is 115 Å². The molecule has 0 aliphatic carbocycles. The zero-order valence-electron chi connectivity index (χ0n) is 9.70. The predicted molar refractivity (Wildman–Crippen MR) is 75.2 cm³/mol. The predicted octanol–water partition coefficient (Wildman–Crippen LogP) is 2.34. The summed E-state index contributed by atoms with van der Waals surface area (Å²) in [5.74, 6) is 1.01. The van der Waals surface area contributed by atoms with E-state index in [0.717, 1.165) is 24.0 Å². The highest BCUT2D eigenvalue weighted by Crippen LogP contribution is 2.26. The molecule has 0 bridgehead atoms. The van der Waals surface area contributed by atoms with Crippen LogP contribution in [0.1, 0.15) is 16.2 Å². The second kappa shape index (κ2) is 5.38. The van der Waals surface area contributed by atoms with Crippen molar-refractivity contribution in [1.29, 1.82) is 0 Å². The molecule has 0 aromatic carbocycles. The first-order chi connectivity index (χ1) is 7.96. The Balaban J connectivity index is 1.77. The second-order valence-electron chi connectivity index (χ2n) is 4.52. The average Bonchev–Trinajstić information content (AvgIpc) is 2.72. The van der Waals surface area contributed by atoms with Crippen LogP contribution in [0.15, 0.2) is 10.5 Å². The molecule has 1 fully saturated rings. The van der Waals surface area contributed by atoms with Crippen molar-refractivity contribution >= 4 is 37.1 Å². The molecule has 1 aromatic heterocycles. The third kappa shape index (κ3) is 3.77. The standard InChI is InChI=1S/C11H16BrNO2S2/c1-8-11(12)4-10(16-8)6-13-5-9-2-3-17(14,15)7-9/h4,9,13H,2-3,5-7H2,1H3. The average molecular weight is 338 g/mol. The molecule has 6 heteroatoms. The third-order valence-corrected chi connectivity index (χ3v) is 6.94. The minimum absolute atomic E-state index is 0.296. The zero-order valence-corrected chi connectivity index (χ0v) is 12.9. The van der Waals surface area contributed by atoms with Gasteiger partial charge in [0.1, 0.15) is 0 Å². The molecule has 1 aliphatic rings. The summed E-state index contributed by atoms with van der Waals surface area (Å²) in [7, 11) is -2.74. The van der Waals surface area contributed by atoms with E-state index in [1.54, 1.807) is 11.3 Å². The summed E-state index contributed by atoms with van der Waals surface area (Å²) in [5.41, 5.74) is 0. The topological polar surface area (TPSA) is 46.2 Å². The number of sulfone groups is 1. The van der Waals surface area contributed by atoms with E-state index in [-0.39, 0.29) is 0 Å². The first kappa shape index (κ1) is 13.5. The third-order valence-electron chi connectivity index (χ3n) is 2.97. The van der Waals surface area contributed by atoms with Crippen molar-refractivity contribution in [2.24, 2.45) is 5.92 Å². The maximum atomic E-state index is 11.3. The van der Waals surface area contributed by atoms with Gasteiger partial charge >= 0.3 is 0 Å². The minimum atomic E-state index is -2.74. The van der Waals surface area contributed by atoms with Crippen LogP contribution in [0, 0.1) is 12.8 Å². The van der Waals surface area contributed by atoms with Crippen molar-refractivity contribution in [3.8, 4) is 0 Å². The first-order valence-electron chi connectivity index (χ1n) is 5.62. The quantitative estimate of drug-likeness (QED) is 0.917. The van der Waals surface area contributed by atoms with E-state index >= 15 is 0 Å². The number of rotatable bonds is 4. The van der Waals surface area contributed by atoms with Crippen LogP contribution in [-0.2, 0) is 16.4 Å². The molecule has 3 nitrogen and oxygen atoms in total. The SMILES string of the molecule is Cc1sc(CNCC2CCS(=O)(=O)C2)cc1Br. The number of nitrogens with one attached hydrogen (secondary N) is 1. The molecular formula is C11H16BrNO2S2. The van der Waals surface area contributed by atoms with Crippen LogP contribution < -0.4 is 5.32 Å². The van der Waals surface area contributed by atoms with Gasteiger partial charge in [-0.3, -0.25) is 0 Å². The number of halogens is 1. The molecule has 96 valence electrons. The highest BCUT2D eigenvalue weighted by Gasteiger charge is 2.27. The normalized spacial score (nSPS) is 23.1. The van der Waals surface area contributed by atoms with Crippen molar-refractivity contribution in [1.82, 2.24) is 5.32 Å². The van der Waals surface area contributed by atoms with Gasteiger partial charge in [0.15, 0.2) is 9.84 Å². The fourth-order valence-electron chi connectivity index (χ4n) is 2.04. The molecule has 0 spiro atoms. The zero-order chi connectivity index (χ0) is 12.5. The molecule has 2 heterocycles. The lowest BCUT2D eigenvalue weighted by Gasteiger charge is -2.08. The van der Waals surface area contributed by atoms with Crippen LogP contribution in [0.2, 0.25) is 0 Å². The first-order valence-corrected chi connectivity index (χ1v) is 9.05. The lowest BCUT2D eigenvalue weighted by atomic mass is 10.1. The van der Waals surface area contributed by atoms with Crippen LogP contribution in [0.4, 0.5) is 0 Å². The van der Waals surface area contributed by atoms with E-state index in [4.69, 9.17) is 0 Å². The van der Waals surface area contributed by atoms with E-state index in [1.807, 2.05) is 0 Å². The number of hydrogen-bond donors (Lipinski definition) is 1. The van der Waals surface area contributed by atoms with Crippen molar-refractivity contribution in [3.63, 3.8) is 0 Å². The molecule has 0 amide bonds. The Hall–Kier alpha value is 0.0900. The maximum absolute atomic E-state index is 11.3. The summed E-state index contributed by atoms with van der Waals surface area (Å²) >= 11 is 5.26. The van der Waals surface area contributed by atoms with Gasteiger partial charge in [-0.05, 0) is 47.8 Å². The summed E-state index contributed by atoms with van der Waals surface area (Å²) in [6, 6.07) is 2.12. The highest BCUT2D eigenvalue weighted by atomic mass is 79.9. The Morgan fingerprint density at radius 1 is 1.59 bits per heavy atom. The molecule has 1 aliphatic heterocycles. The largest absolute Gasteiger partial charge is 0.312 e. The number of hydrogen-bond acceptors (Lipinski definition) is 4. The van der Waals surface area contributed by atoms with Crippen LogP contribution in [-0.4, -0.2) is 26.5 Å². The molecule has 1 atom stereocenters. The van der Waals surface area contributed by atoms with Crippen LogP contribution >= 0.6 is 27.3 Å². The van der Waals surface area contributed by atoms with Crippen LogP contribution in [0.3, 0.4) is 0 Å². The molecule has 0 radical (unpaired) electrons. The summed E-state index contributed by atoms with van der Waals surface area (Å²) in [5, 5.41) is 3.35.